The van der Waals surface area contributed by atoms with Crippen LogP contribution in [0, 0.1) is 12.8 Å². The molecule has 2 rings (SSSR count). The standard InChI is InChI=1S/C19H28N2O4/c1-12-6-5-7-13(10-12)17(24)20-21(19(2,3)4)18(25)14-8-9-15(22)16(23)11-14/h5-7,10,14-16,22-23H,8-9,11H2,1-4H3,(H,20,24)/t14?,15-,16+/m1/s1. The van der Waals surface area contributed by atoms with Gasteiger partial charge in [0.1, 0.15) is 0 Å². The second kappa shape index (κ2) is 7.54. The number of benzene rings is 1. The number of hydrogen-bond donors (Lipinski definition) is 3. The summed E-state index contributed by atoms with van der Waals surface area (Å²) in [7, 11) is 0. The highest BCUT2D eigenvalue weighted by atomic mass is 16.3. The summed E-state index contributed by atoms with van der Waals surface area (Å²) in [6.45, 7) is 7.43. The second-order valence-corrected chi connectivity index (χ2v) is 7.80. The number of rotatable bonds is 2. The molecule has 3 N–H and O–H groups in total. The lowest BCUT2D eigenvalue weighted by molar-refractivity contribution is -0.148. The number of amides is 2. The van der Waals surface area contributed by atoms with Crippen LogP contribution in [0.15, 0.2) is 24.3 Å². The van der Waals surface area contributed by atoms with Crippen molar-refractivity contribution in [1.29, 1.82) is 0 Å². The largest absolute Gasteiger partial charge is 0.390 e. The first kappa shape index (κ1) is 19.4. The number of aliphatic hydroxyl groups excluding tert-OH is 2. The highest BCUT2D eigenvalue weighted by Gasteiger charge is 2.38. The molecule has 2 amide bonds. The fourth-order valence-corrected chi connectivity index (χ4v) is 3.04. The van der Waals surface area contributed by atoms with Gasteiger partial charge in [0.05, 0.1) is 17.7 Å². The van der Waals surface area contributed by atoms with Gasteiger partial charge in [0.2, 0.25) is 5.91 Å². The van der Waals surface area contributed by atoms with E-state index < -0.39 is 23.7 Å². The van der Waals surface area contributed by atoms with Crippen molar-refractivity contribution >= 4 is 11.8 Å². The number of nitrogens with one attached hydrogen (secondary N) is 1. The van der Waals surface area contributed by atoms with E-state index in [1.54, 1.807) is 18.2 Å². The molecule has 1 aromatic rings. The lowest BCUT2D eigenvalue weighted by Gasteiger charge is -2.39. The molecule has 6 heteroatoms. The second-order valence-electron chi connectivity index (χ2n) is 7.80. The highest BCUT2D eigenvalue weighted by molar-refractivity contribution is 5.95. The van der Waals surface area contributed by atoms with Crippen LogP contribution in [0.4, 0.5) is 0 Å². The summed E-state index contributed by atoms with van der Waals surface area (Å²) in [6.07, 6.45) is -0.621. The highest BCUT2D eigenvalue weighted by Crippen LogP contribution is 2.28. The molecule has 0 heterocycles. The van der Waals surface area contributed by atoms with Crippen LogP contribution in [0.3, 0.4) is 0 Å². The van der Waals surface area contributed by atoms with Crippen LogP contribution in [0.2, 0.25) is 0 Å². The summed E-state index contributed by atoms with van der Waals surface area (Å²) in [4.78, 5) is 25.5. The van der Waals surface area contributed by atoms with E-state index in [0.29, 0.717) is 18.4 Å². The van der Waals surface area contributed by atoms with E-state index >= 15 is 0 Å². The van der Waals surface area contributed by atoms with Gasteiger partial charge < -0.3 is 10.2 Å². The smallest absolute Gasteiger partial charge is 0.269 e. The zero-order valence-corrected chi connectivity index (χ0v) is 15.3. The Balaban J connectivity index is 2.16. The molecule has 0 radical (unpaired) electrons. The van der Waals surface area contributed by atoms with Crippen LogP contribution in [-0.2, 0) is 4.79 Å². The summed E-state index contributed by atoms with van der Waals surface area (Å²) < 4.78 is 0. The van der Waals surface area contributed by atoms with Gasteiger partial charge in [-0.2, -0.15) is 0 Å². The number of carbonyl (C=O) groups is 2. The quantitative estimate of drug-likeness (QED) is 0.711. The van der Waals surface area contributed by atoms with Crippen molar-refractivity contribution in [1.82, 2.24) is 10.4 Å². The van der Waals surface area contributed by atoms with E-state index in [2.05, 4.69) is 5.43 Å². The predicted molar refractivity (Wildman–Crippen MR) is 94.6 cm³/mol. The third kappa shape index (κ3) is 4.80. The molecule has 1 aliphatic rings. The Morgan fingerprint density at radius 3 is 2.40 bits per heavy atom. The van der Waals surface area contributed by atoms with Crippen molar-refractivity contribution in [3.8, 4) is 0 Å². The SMILES string of the molecule is Cc1cccc(C(=O)NN(C(=O)C2CC[C@@H](O)[C@@H](O)C2)C(C)(C)C)c1. The van der Waals surface area contributed by atoms with Crippen molar-refractivity contribution in [3.05, 3.63) is 35.4 Å². The van der Waals surface area contributed by atoms with Gasteiger partial charge in [-0.1, -0.05) is 17.7 Å². The number of carbonyl (C=O) groups excluding carboxylic acids is 2. The van der Waals surface area contributed by atoms with Crippen molar-refractivity contribution in [3.63, 3.8) is 0 Å². The molecule has 25 heavy (non-hydrogen) atoms. The van der Waals surface area contributed by atoms with Gasteiger partial charge >= 0.3 is 0 Å². The number of hydrazine groups is 1. The van der Waals surface area contributed by atoms with Gasteiger partial charge in [-0.15, -0.1) is 0 Å². The number of hydrogen-bond acceptors (Lipinski definition) is 4. The Morgan fingerprint density at radius 1 is 1.16 bits per heavy atom. The first-order valence-corrected chi connectivity index (χ1v) is 8.67. The molecular formula is C19H28N2O4. The molecule has 138 valence electrons. The van der Waals surface area contributed by atoms with E-state index in [4.69, 9.17) is 0 Å². The fraction of sp³-hybridized carbons (Fsp3) is 0.579. The molecule has 1 fully saturated rings. The van der Waals surface area contributed by atoms with Gasteiger partial charge in [0, 0.05) is 11.5 Å². The topological polar surface area (TPSA) is 89.9 Å². The van der Waals surface area contributed by atoms with E-state index in [1.165, 1.54) is 5.01 Å². The molecule has 1 unspecified atom stereocenters. The van der Waals surface area contributed by atoms with Crippen molar-refractivity contribution in [2.45, 2.75) is 64.7 Å². The summed E-state index contributed by atoms with van der Waals surface area (Å²) in [5, 5.41) is 20.9. The van der Waals surface area contributed by atoms with Gasteiger partial charge in [-0.3, -0.25) is 15.0 Å². The Morgan fingerprint density at radius 2 is 1.84 bits per heavy atom. The Bertz CT molecular complexity index is 639. The average molecular weight is 348 g/mol. The van der Waals surface area contributed by atoms with Crippen LogP contribution in [0.25, 0.3) is 0 Å². The first-order chi connectivity index (χ1) is 11.6. The Labute approximate surface area is 148 Å². The van der Waals surface area contributed by atoms with Gasteiger partial charge in [0.15, 0.2) is 0 Å². The lowest BCUT2D eigenvalue weighted by Crippen LogP contribution is -2.58. The van der Waals surface area contributed by atoms with Crippen LogP contribution in [-0.4, -0.2) is 44.8 Å². The Kier molecular flexibility index (Phi) is 5.85. The molecule has 0 bridgehead atoms. The summed E-state index contributed by atoms with van der Waals surface area (Å²) in [6, 6.07) is 7.17. The number of nitrogens with zero attached hydrogens (tertiary/aromatic N) is 1. The van der Waals surface area contributed by atoms with Crippen molar-refractivity contribution < 1.29 is 19.8 Å². The number of aryl methyl sites for hydroxylation is 1. The average Bonchev–Trinajstić information content (AvgIpc) is 2.53. The maximum absolute atomic E-state index is 12.9. The minimum atomic E-state index is -0.906. The molecule has 0 aromatic heterocycles. The van der Waals surface area contributed by atoms with Crippen LogP contribution in [0.5, 0.6) is 0 Å². The maximum Gasteiger partial charge on any atom is 0.269 e. The van der Waals surface area contributed by atoms with Crippen LogP contribution in [0.1, 0.15) is 56.0 Å². The van der Waals surface area contributed by atoms with Crippen LogP contribution < -0.4 is 5.43 Å². The molecule has 6 nitrogen and oxygen atoms in total. The first-order valence-electron chi connectivity index (χ1n) is 8.67. The van der Waals surface area contributed by atoms with Crippen molar-refractivity contribution in [2.24, 2.45) is 5.92 Å². The summed E-state index contributed by atoms with van der Waals surface area (Å²) in [5.41, 5.74) is 3.56. The molecule has 3 atom stereocenters. The monoisotopic (exact) mass is 348 g/mol. The molecule has 0 aliphatic heterocycles. The minimum absolute atomic E-state index is 0.201. The summed E-state index contributed by atoms with van der Waals surface area (Å²) in [5.74, 6) is -1.00. The molecule has 1 saturated carbocycles. The molecular weight excluding hydrogens is 320 g/mol. The van der Waals surface area contributed by atoms with Crippen LogP contribution >= 0.6 is 0 Å². The normalized spacial score (nSPS) is 23.8. The zero-order valence-electron chi connectivity index (χ0n) is 15.3. The van der Waals surface area contributed by atoms with E-state index in [-0.39, 0.29) is 18.2 Å². The van der Waals surface area contributed by atoms with E-state index in [1.807, 2.05) is 33.8 Å². The van der Waals surface area contributed by atoms with E-state index in [0.717, 1.165) is 5.56 Å². The minimum Gasteiger partial charge on any atom is -0.390 e. The summed E-state index contributed by atoms with van der Waals surface area (Å²) >= 11 is 0. The molecule has 1 aromatic carbocycles. The van der Waals surface area contributed by atoms with Crippen molar-refractivity contribution in [2.75, 3.05) is 0 Å². The zero-order chi connectivity index (χ0) is 18.8. The van der Waals surface area contributed by atoms with Gasteiger partial charge in [0.25, 0.3) is 5.91 Å². The predicted octanol–water partition coefficient (Wildman–Crippen LogP) is 1.79. The van der Waals surface area contributed by atoms with Gasteiger partial charge in [-0.05, 0) is 59.1 Å². The molecule has 0 saturated heterocycles. The van der Waals surface area contributed by atoms with E-state index in [9.17, 15) is 19.8 Å². The van der Waals surface area contributed by atoms with Gasteiger partial charge in [-0.25, -0.2) is 5.01 Å². The fourth-order valence-electron chi connectivity index (χ4n) is 3.04. The Hall–Kier alpha value is -1.92. The third-order valence-corrected chi connectivity index (χ3v) is 4.52. The maximum atomic E-state index is 12.9. The number of aliphatic hydroxyl groups is 2. The third-order valence-electron chi connectivity index (χ3n) is 4.52. The molecule has 0 spiro atoms. The lowest BCUT2D eigenvalue weighted by atomic mass is 9.84. The molecule has 1 aliphatic carbocycles.